The standard InChI is InChI=1S/C4H6N2O3S/c1-4-2-6(3-5)10(7,8)9-4/h4H,2H2,1H3/t4-/m0/s1. The number of hydrogen-bond acceptors (Lipinski definition) is 4. The van der Waals surface area contributed by atoms with Crippen molar-refractivity contribution < 1.29 is 12.6 Å². The summed E-state index contributed by atoms with van der Waals surface area (Å²) >= 11 is 0. The SMILES string of the molecule is C[C@H]1CN(C#N)S(=O)(=O)O1. The van der Waals surface area contributed by atoms with Crippen LogP contribution in [0, 0.1) is 11.5 Å². The van der Waals surface area contributed by atoms with E-state index in [9.17, 15) is 8.42 Å². The average Bonchev–Trinajstić information content (AvgIpc) is 2.04. The summed E-state index contributed by atoms with van der Waals surface area (Å²) in [6.07, 6.45) is 1.09. The zero-order valence-corrected chi connectivity index (χ0v) is 6.13. The summed E-state index contributed by atoms with van der Waals surface area (Å²) in [5.74, 6) is 0. The summed E-state index contributed by atoms with van der Waals surface area (Å²) in [7, 11) is -3.71. The molecule has 0 N–H and O–H groups in total. The van der Waals surface area contributed by atoms with Crippen LogP contribution in [-0.2, 0) is 14.5 Å². The van der Waals surface area contributed by atoms with E-state index in [4.69, 9.17) is 5.26 Å². The molecule has 10 heavy (non-hydrogen) atoms. The summed E-state index contributed by atoms with van der Waals surface area (Å²) in [5, 5.41) is 8.24. The zero-order chi connectivity index (χ0) is 7.78. The van der Waals surface area contributed by atoms with Gasteiger partial charge in [0.25, 0.3) is 0 Å². The Morgan fingerprint density at radius 3 is 2.60 bits per heavy atom. The predicted molar refractivity (Wildman–Crippen MR) is 31.8 cm³/mol. The Labute approximate surface area is 59.1 Å². The second kappa shape index (κ2) is 2.11. The average molecular weight is 162 g/mol. The molecule has 0 aromatic carbocycles. The van der Waals surface area contributed by atoms with Crippen molar-refractivity contribution >= 4 is 10.3 Å². The van der Waals surface area contributed by atoms with Crippen molar-refractivity contribution in [2.75, 3.05) is 6.54 Å². The fourth-order valence-electron chi connectivity index (χ4n) is 0.706. The van der Waals surface area contributed by atoms with Crippen molar-refractivity contribution in [3.63, 3.8) is 0 Å². The van der Waals surface area contributed by atoms with Crippen molar-refractivity contribution in [1.29, 1.82) is 5.26 Å². The third-order valence-electron chi connectivity index (χ3n) is 1.09. The van der Waals surface area contributed by atoms with Gasteiger partial charge in [-0.15, -0.1) is 0 Å². The Bertz CT molecular complexity index is 265. The molecule has 1 aliphatic heterocycles. The van der Waals surface area contributed by atoms with E-state index in [1.807, 2.05) is 0 Å². The minimum absolute atomic E-state index is 0.124. The van der Waals surface area contributed by atoms with Crippen LogP contribution in [0.5, 0.6) is 0 Å². The van der Waals surface area contributed by atoms with Gasteiger partial charge in [0.05, 0.1) is 12.6 Å². The van der Waals surface area contributed by atoms with Gasteiger partial charge >= 0.3 is 10.3 Å². The van der Waals surface area contributed by atoms with Gasteiger partial charge in [0.2, 0.25) is 0 Å². The van der Waals surface area contributed by atoms with Crippen molar-refractivity contribution in [3.8, 4) is 6.19 Å². The Hall–Kier alpha value is -0.800. The van der Waals surface area contributed by atoms with Crippen molar-refractivity contribution in [3.05, 3.63) is 0 Å². The van der Waals surface area contributed by atoms with Gasteiger partial charge in [-0.1, -0.05) is 0 Å². The van der Waals surface area contributed by atoms with E-state index >= 15 is 0 Å². The van der Waals surface area contributed by atoms with Gasteiger partial charge in [0.15, 0.2) is 6.19 Å². The predicted octanol–water partition coefficient (Wildman–Crippen LogP) is -0.567. The first-order valence-electron chi connectivity index (χ1n) is 2.67. The second-order valence-corrected chi connectivity index (χ2v) is 3.48. The summed E-state index contributed by atoms with van der Waals surface area (Å²) in [4.78, 5) is 0. The third kappa shape index (κ3) is 1.05. The maximum atomic E-state index is 10.7. The highest BCUT2D eigenvalue weighted by molar-refractivity contribution is 7.84. The summed E-state index contributed by atoms with van der Waals surface area (Å²) in [5.41, 5.74) is 0. The first-order chi connectivity index (χ1) is 4.56. The van der Waals surface area contributed by atoms with Crippen LogP contribution in [0.1, 0.15) is 6.92 Å². The van der Waals surface area contributed by atoms with Gasteiger partial charge in [-0.25, -0.2) is 4.18 Å². The monoisotopic (exact) mass is 162 g/mol. The number of nitriles is 1. The smallest absolute Gasteiger partial charge is 0.248 e. The zero-order valence-electron chi connectivity index (χ0n) is 5.31. The lowest BCUT2D eigenvalue weighted by Gasteiger charge is -1.98. The van der Waals surface area contributed by atoms with Crippen LogP contribution in [-0.4, -0.2) is 25.4 Å². The molecular formula is C4H6N2O3S. The minimum atomic E-state index is -3.71. The normalized spacial score (nSPS) is 30.0. The van der Waals surface area contributed by atoms with Gasteiger partial charge in [-0.3, -0.25) is 0 Å². The largest absolute Gasteiger partial charge is 0.371 e. The van der Waals surface area contributed by atoms with Crippen LogP contribution in [0.4, 0.5) is 0 Å². The lowest BCUT2D eigenvalue weighted by atomic mass is 10.4. The summed E-state index contributed by atoms with van der Waals surface area (Å²) in [6, 6.07) is 0. The van der Waals surface area contributed by atoms with Crippen LogP contribution in [0.3, 0.4) is 0 Å². The highest BCUT2D eigenvalue weighted by Crippen LogP contribution is 2.15. The topological polar surface area (TPSA) is 70.4 Å². The number of hydrogen-bond donors (Lipinski definition) is 0. The van der Waals surface area contributed by atoms with E-state index < -0.39 is 16.4 Å². The first kappa shape index (κ1) is 7.31. The molecule has 1 fully saturated rings. The van der Waals surface area contributed by atoms with Gasteiger partial charge < -0.3 is 0 Å². The molecule has 0 unspecified atom stereocenters. The molecule has 56 valence electrons. The van der Waals surface area contributed by atoms with Crippen LogP contribution >= 0.6 is 0 Å². The highest BCUT2D eigenvalue weighted by atomic mass is 32.2. The Morgan fingerprint density at radius 1 is 1.80 bits per heavy atom. The van der Waals surface area contributed by atoms with Crippen LogP contribution in [0.15, 0.2) is 0 Å². The molecule has 0 bridgehead atoms. The molecule has 0 aromatic heterocycles. The van der Waals surface area contributed by atoms with Gasteiger partial charge in [0, 0.05) is 0 Å². The van der Waals surface area contributed by atoms with E-state index in [-0.39, 0.29) is 6.54 Å². The Morgan fingerprint density at radius 2 is 2.40 bits per heavy atom. The van der Waals surface area contributed by atoms with Gasteiger partial charge in [0.1, 0.15) is 0 Å². The van der Waals surface area contributed by atoms with Crippen LogP contribution < -0.4 is 0 Å². The molecule has 0 amide bonds. The van der Waals surface area contributed by atoms with E-state index in [0.29, 0.717) is 4.31 Å². The molecule has 1 aliphatic rings. The molecule has 0 aromatic rings. The maximum absolute atomic E-state index is 10.7. The summed E-state index contributed by atoms with van der Waals surface area (Å²) in [6.45, 7) is 1.72. The lowest BCUT2D eigenvalue weighted by molar-refractivity contribution is 0.268. The van der Waals surface area contributed by atoms with Crippen molar-refractivity contribution in [1.82, 2.24) is 4.31 Å². The van der Waals surface area contributed by atoms with E-state index in [2.05, 4.69) is 4.18 Å². The summed E-state index contributed by atoms with van der Waals surface area (Å²) < 4.78 is 26.4. The molecular weight excluding hydrogens is 156 g/mol. The Balaban J connectivity index is 2.91. The highest BCUT2D eigenvalue weighted by Gasteiger charge is 2.33. The molecule has 0 saturated carbocycles. The molecule has 6 heteroatoms. The maximum Gasteiger partial charge on any atom is 0.371 e. The fourth-order valence-corrected chi connectivity index (χ4v) is 1.78. The number of rotatable bonds is 0. The lowest BCUT2D eigenvalue weighted by Crippen LogP contribution is -2.19. The second-order valence-electron chi connectivity index (χ2n) is 2.00. The number of nitrogens with zero attached hydrogens (tertiary/aromatic N) is 2. The van der Waals surface area contributed by atoms with Gasteiger partial charge in [-0.05, 0) is 6.92 Å². The molecule has 0 radical (unpaired) electrons. The van der Waals surface area contributed by atoms with E-state index in [0.717, 1.165) is 0 Å². The molecule has 1 atom stereocenters. The molecule has 1 rings (SSSR count). The van der Waals surface area contributed by atoms with Crippen molar-refractivity contribution in [2.24, 2.45) is 0 Å². The van der Waals surface area contributed by atoms with Gasteiger partial charge in [-0.2, -0.15) is 18.0 Å². The van der Waals surface area contributed by atoms with E-state index in [1.54, 1.807) is 6.92 Å². The minimum Gasteiger partial charge on any atom is -0.248 e. The molecule has 1 saturated heterocycles. The van der Waals surface area contributed by atoms with Crippen LogP contribution in [0.2, 0.25) is 0 Å². The quantitative estimate of drug-likeness (QED) is 0.447. The fraction of sp³-hybridized carbons (Fsp3) is 0.750. The Kier molecular flexibility index (Phi) is 1.54. The van der Waals surface area contributed by atoms with Crippen LogP contribution in [0.25, 0.3) is 0 Å². The van der Waals surface area contributed by atoms with E-state index in [1.165, 1.54) is 6.19 Å². The third-order valence-corrected chi connectivity index (χ3v) is 2.43. The van der Waals surface area contributed by atoms with Crippen molar-refractivity contribution in [2.45, 2.75) is 13.0 Å². The first-order valence-corrected chi connectivity index (χ1v) is 4.03. The molecule has 1 heterocycles. The molecule has 0 spiro atoms. The molecule has 0 aliphatic carbocycles. The molecule has 5 nitrogen and oxygen atoms in total.